The number of halogens is 4. The van der Waals surface area contributed by atoms with Gasteiger partial charge < -0.3 is 15.2 Å². The number of carbonyl (C=O) groups is 1. The van der Waals surface area contributed by atoms with E-state index in [0.29, 0.717) is 17.1 Å². The number of phenolic OH excluding ortho intramolecular Hbond substituents is 1. The van der Waals surface area contributed by atoms with E-state index in [1.807, 2.05) is 0 Å². The van der Waals surface area contributed by atoms with E-state index in [2.05, 4.69) is 10.1 Å². The van der Waals surface area contributed by atoms with Crippen LogP contribution in [0.25, 0.3) is 0 Å². The summed E-state index contributed by atoms with van der Waals surface area (Å²) in [5.41, 5.74) is 0.576. The van der Waals surface area contributed by atoms with Gasteiger partial charge in [-0.15, -0.1) is 24.9 Å². The van der Waals surface area contributed by atoms with Crippen LogP contribution in [0.5, 0.6) is 11.5 Å². The number of hydrogen-bond donors (Lipinski definition) is 2. The topological polar surface area (TPSA) is 92.7 Å². The first kappa shape index (κ1) is 26.4. The number of carbonyl (C=O) groups excluding carboxylic acids is 1. The molecule has 0 saturated heterocycles. The first-order chi connectivity index (χ1) is 16.3. The molecule has 6 nitrogen and oxygen atoms in total. The molecule has 12 heteroatoms. The number of alkyl halides is 3. The number of thioether (sulfide) groups is 1. The highest BCUT2D eigenvalue weighted by molar-refractivity contribution is 7.99. The van der Waals surface area contributed by atoms with E-state index in [1.54, 1.807) is 6.07 Å². The second-order valence-electron chi connectivity index (χ2n) is 7.34. The minimum atomic E-state index is -4.76. The number of sulfone groups is 1. The van der Waals surface area contributed by atoms with Crippen molar-refractivity contribution in [3.8, 4) is 11.5 Å². The lowest BCUT2D eigenvalue weighted by Crippen LogP contribution is -2.17. The van der Waals surface area contributed by atoms with Crippen molar-refractivity contribution in [1.29, 1.82) is 0 Å². The minimum Gasteiger partial charge on any atom is -0.507 e. The van der Waals surface area contributed by atoms with Gasteiger partial charge in [0.25, 0.3) is 5.91 Å². The van der Waals surface area contributed by atoms with Gasteiger partial charge in [-0.3, -0.25) is 4.79 Å². The first-order valence-corrected chi connectivity index (χ1v) is 12.8. The van der Waals surface area contributed by atoms with Gasteiger partial charge >= 0.3 is 6.36 Å². The SMILES string of the molecule is CS(=O)(=O)c1cc(NC(=O)c2ccc(SCCc3ccc(OC(F)(F)F)cc3)cc2F)ccc1O. The smallest absolute Gasteiger partial charge is 0.507 e. The highest BCUT2D eigenvalue weighted by Crippen LogP contribution is 2.28. The van der Waals surface area contributed by atoms with Crippen LogP contribution >= 0.6 is 11.8 Å². The van der Waals surface area contributed by atoms with Crippen LogP contribution in [0.1, 0.15) is 15.9 Å². The fraction of sp³-hybridized carbons (Fsp3) is 0.174. The number of ether oxygens (including phenoxy) is 1. The van der Waals surface area contributed by atoms with Crippen molar-refractivity contribution in [3.05, 3.63) is 77.6 Å². The summed E-state index contributed by atoms with van der Waals surface area (Å²) in [4.78, 5) is 12.6. The van der Waals surface area contributed by atoms with Crippen molar-refractivity contribution in [2.75, 3.05) is 17.3 Å². The summed E-state index contributed by atoms with van der Waals surface area (Å²) >= 11 is 1.30. The van der Waals surface area contributed by atoms with Crippen molar-refractivity contribution >= 4 is 33.2 Å². The molecule has 3 aromatic rings. The summed E-state index contributed by atoms with van der Waals surface area (Å²) in [6, 6.07) is 12.9. The number of amides is 1. The Kier molecular flexibility index (Phi) is 7.96. The van der Waals surface area contributed by atoms with Gasteiger partial charge in [-0.2, -0.15) is 0 Å². The van der Waals surface area contributed by atoms with Gasteiger partial charge in [0, 0.05) is 22.6 Å². The van der Waals surface area contributed by atoms with Crippen LogP contribution in [0.15, 0.2) is 70.5 Å². The fourth-order valence-electron chi connectivity index (χ4n) is 3.00. The summed E-state index contributed by atoms with van der Waals surface area (Å²) in [5.74, 6) is -1.87. The van der Waals surface area contributed by atoms with Gasteiger partial charge in [0.1, 0.15) is 22.2 Å². The zero-order chi connectivity index (χ0) is 25.8. The molecular formula is C23H19F4NO5S2. The van der Waals surface area contributed by atoms with E-state index in [-0.39, 0.29) is 21.9 Å². The number of aryl methyl sites for hydroxylation is 1. The molecule has 0 fully saturated rings. The Labute approximate surface area is 202 Å². The van der Waals surface area contributed by atoms with Gasteiger partial charge in [-0.1, -0.05) is 12.1 Å². The molecule has 186 valence electrons. The molecule has 0 aliphatic heterocycles. The average Bonchev–Trinajstić information content (AvgIpc) is 2.74. The molecule has 0 aliphatic carbocycles. The number of anilines is 1. The van der Waals surface area contributed by atoms with Gasteiger partial charge in [0.2, 0.25) is 0 Å². The van der Waals surface area contributed by atoms with E-state index < -0.39 is 33.7 Å². The van der Waals surface area contributed by atoms with Gasteiger partial charge in [0.15, 0.2) is 9.84 Å². The maximum Gasteiger partial charge on any atom is 0.573 e. The lowest BCUT2D eigenvalue weighted by atomic mass is 10.2. The molecule has 0 unspecified atom stereocenters. The molecule has 0 aromatic heterocycles. The van der Waals surface area contributed by atoms with Crippen molar-refractivity contribution in [1.82, 2.24) is 0 Å². The highest BCUT2D eigenvalue weighted by atomic mass is 32.2. The van der Waals surface area contributed by atoms with E-state index in [9.17, 15) is 35.9 Å². The van der Waals surface area contributed by atoms with Crippen LogP contribution in [0.2, 0.25) is 0 Å². The largest absolute Gasteiger partial charge is 0.573 e. The summed E-state index contributed by atoms with van der Waals surface area (Å²) in [5, 5.41) is 12.1. The van der Waals surface area contributed by atoms with Crippen molar-refractivity contribution in [2.45, 2.75) is 22.6 Å². The molecule has 0 aliphatic rings. The normalized spacial score (nSPS) is 11.8. The Hall–Kier alpha value is -3.25. The lowest BCUT2D eigenvalue weighted by molar-refractivity contribution is -0.274. The Bertz CT molecular complexity index is 1330. The Morgan fingerprint density at radius 1 is 1.06 bits per heavy atom. The minimum absolute atomic E-state index is 0.0673. The highest BCUT2D eigenvalue weighted by Gasteiger charge is 2.30. The van der Waals surface area contributed by atoms with Crippen LogP contribution in [-0.2, 0) is 16.3 Å². The molecule has 1 amide bonds. The second kappa shape index (κ2) is 10.6. The summed E-state index contributed by atoms with van der Waals surface area (Å²) in [7, 11) is -3.74. The standard InChI is InChI=1S/C23H19F4NO5S2/c1-35(31,32)21-12-15(4-9-20(21)29)28-22(30)18-8-7-17(13-19(18)24)34-11-10-14-2-5-16(6-3-14)33-23(25,26)27/h2-9,12-13,29H,10-11H2,1H3,(H,28,30). The van der Waals surface area contributed by atoms with Gasteiger partial charge in [-0.25, -0.2) is 12.8 Å². The number of aromatic hydroxyl groups is 1. The molecule has 0 atom stereocenters. The maximum atomic E-state index is 14.6. The Morgan fingerprint density at radius 3 is 2.34 bits per heavy atom. The number of benzene rings is 3. The quantitative estimate of drug-likeness (QED) is 0.230. The second-order valence-corrected chi connectivity index (χ2v) is 10.5. The molecular weight excluding hydrogens is 510 g/mol. The Balaban J connectivity index is 1.59. The summed E-state index contributed by atoms with van der Waals surface area (Å²) in [6.07, 6.45) is -3.35. The molecule has 3 rings (SSSR count). The number of rotatable bonds is 8. The third-order valence-corrected chi connectivity index (χ3v) is 6.74. The van der Waals surface area contributed by atoms with Crippen LogP contribution in [-0.4, -0.2) is 37.8 Å². The molecule has 0 spiro atoms. The van der Waals surface area contributed by atoms with Crippen molar-refractivity contribution in [3.63, 3.8) is 0 Å². The van der Waals surface area contributed by atoms with Gasteiger partial charge in [0.05, 0.1) is 5.56 Å². The zero-order valence-electron chi connectivity index (χ0n) is 18.1. The third-order valence-electron chi connectivity index (χ3n) is 4.62. The molecule has 3 aromatic carbocycles. The number of hydrogen-bond acceptors (Lipinski definition) is 6. The average molecular weight is 530 g/mol. The van der Waals surface area contributed by atoms with E-state index >= 15 is 0 Å². The van der Waals surface area contributed by atoms with E-state index in [4.69, 9.17) is 0 Å². The van der Waals surface area contributed by atoms with Crippen LogP contribution in [0.4, 0.5) is 23.2 Å². The predicted molar refractivity (Wildman–Crippen MR) is 123 cm³/mol. The third kappa shape index (κ3) is 7.62. The Morgan fingerprint density at radius 2 is 1.74 bits per heavy atom. The molecule has 0 bridgehead atoms. The molecule has 2 N–H and O–H groups in total. The molecule has 0 saturated carbocycles. The first-order valence-electron chi connectivity index (χ1n) is 9.93. The summed E-state index contributed by atoms with van der Waals surface area (Å²) < 4.78 is 78.4. The van der Waals surface area contributed by atoms with Crippen LogP contribution in [0, 0.1) is 5.82 Å². The predicted octanol–water partition coefficient (Wildman–Crippen LogP) is 5.42. The number of phenols is 1. The van der Waals surface area contributed by atoms with E-state index in [0.717, 1.165) is 24.0 Å². The molecule has 35 heavy (non-hydrogen) atoms. The van der Waals surface area contributed by atoms with Crippen LogP contribution < -0.4 is 10.1 Å². The zero-order valence-corrected chi connectivity index (χ0v) is 19.7. The maximum absolute atomic E-state index is 14.6. The van der Waals surface area contributed by atoms with Gasteiger partial charge in [-0.05, 0) is 60.5 Å². The molecule has 0 radical (unpaired) electrons. The monoisotopic (exact) mass is 529 g/mol. The van der Waals surface area contributed by atoms with Crippen molar-refractivity contribution < 1.29 is 40.6 Å². The fourth-order valence-corrected chi connectivity index (χ4v) is 4.72. The lowest BCUT2D eigenvalue weighted by Gasteiger charge is -2.10. The molecule has 0 heterocycles. The van der Waals surface area contributed by atoms with E-state index in [1.165, 1.54) is 54.2 Å². The number of nitrogens with one attached hydrogen (secondary N) is 1. The summed E-state index contributed by atoms with van der Waals surface area (Å²) in [6.45, 7) is 0. The van der Waals surface area contributed by atoms with Crippen molar-refractivity contribution in [2.24, 2.45) is 0 Å². The van der Waals surface area contributed by atoms with Crippen LogP contribution in [0.3, 0.4) is 0 Å².